The maximum absolute atomic E-state index is 12.8. The van der Waals surface area contributed by atoms with Crippen molar-refractivity contribution in [2.24, 2.45) is 0 Å². The summed E-state index contributed by atoms with van der Waals surface area (Å²) in [7, 11) is 0. The van der Waals surface area contributed by atoms with Gasteiger partial charge in [-0.15, -0.1) is 0 Å². The first-order chi connectivity index (χ1) is 14.1. The number of anilines is 1. The minimum Gasteiger partial charge on any atom is -0.486 e. The summed E-state index contributed by atoms with van der Waals surface area (Å²) >= 11 is 0. The Morgan fingerprint density at radius 3 is 2.52 bits per heavy atom. The van der Waals surface area contributed by atoms with Gasteiger partial charge in [-0.3, -0.25) is 4.79 Å². The summed E-state index contributed by atoms with van der Waals surface area (Å²) in [4.78, 5) is 15.7. The second-order valence-electron chi connectivity index (χ2n) is 8.08. The van der Waals surface area contributed by atoms with E-state index >= 15 is 0 Å². The van der Waals surface area contributed by atoms with Crippen LogP contribution in [0.25, 0.3) is 0 Å². The average Bonchev–Trinajstić information content (AvgIpc) is 2.75. The summed E-state index contributed by atoms with van der Waals surface area (Å²) in [6.45, 7) is 10.6. The van der Waals surface area contributed by atoms with Gasteiger partial charge >= 0.3 is 0 Å². The molecular weight excluding hydrogens is 366 g/mol. The van der Waals surface area contributed by atoms with E-state index in [1.165, 1.54) is 16.0 Å². The molecule has 1 atom stereocenters. The molecule has 2 aromatic carbocycles. The lowest BCUT2D eigenvalue weighted by Crippen LogP contribution is -3.29. The van der Waals surface area contributed by atoms with Crippen molar-refractivity contribution in [3.05, 3.63) is 53.6 Å². The summed E-state index contributed by atoms with van der Waals surface area (Å²) < 4.78 is 11.1. The van der Waals surface area contributed by atoms with Crippen molar-refractivity contribution < 1.29 is 24.1 Å². The number of benzene rings is 2. The highest BCUT2D eigenvalue weighted by Gasteiger charge is 2.31. The Kier molecular flexibility index (Phi) is 6.02. The van der Waals surface area contributed by atoms with Crippen molar-refractivity contribution in [1.29, 1.82) is 0 Å². The fraction of sp³-hybridized carbons (Fsp3) is 0.435. The van der Waals surface area contributed by atoms with E-state index in [1.54, 1.807) is 4.90 Å². The molecule has 0 saturated carbocycles. The maximum Gasteiger partial charge on any atom is 0.282 e. The number of fused-ring (bicyclic) bond motifs is 1. The van der Waals surface area contributed by atoms with Crippen molar-refractivity contribution in [1.82, 2.24) is 0 Å². The number of piperazine rings is 1. The normalized spacial score (nSPS) is 22.0. The number of carbonyl (C=O) groups excluding carboxylic acids is 1. The highest BCUT2D eigenvalue weighted by Crippen LogP contribution is 2.32. The van der Waals surface area contributed by atoms with Crippen LogP contribution in [0.15, 0.2) is 42.5 Å². The third kappa shape index (κ3) is 4.71. The van der Waals surface area contributed by atoms with Crippen LogP contribution < -0.4 is 24.6 Å². The van der Waals surface area contributed by atoms with Crippen LogP contribution in [0.3, 0.4) is 0 Å². The van der Waals surface area contributed by atoms with Crippen LogP contribution in [0, 0.1) is 6.92 Å². The lowest BCUT2D eigenvalue weighted by Gasteiger charge is -2.32. The predicted molar refractivity (Wildman–Crippen MR) is 112 cm³/mol. The number of aryl methyl sites for hydroxylation is 1. The SMILES string of the molecule is Cc1ccccc1C[NH+]1CC[NH+]([C@H](C)C(=O)Nc2ccc3c(c2)OCCO3)CC1. The fourth-order valence-electron chi connectivity index (χ4n) is 4.17. The fourth-order valence-corrected chi connectivity index (χ4v) is 4.17. The van der Waals surface area contributed by atoms with E-state index in [4.69, 9.17) is 9.47 Å². The highest BCUT2D eigenvalue weighted by molar-refractivity contribution is 5.93. The standard InChI is InChI=1S/C23H29N3O3/c1-17-5-3-4-6-19(17)16-25-9-11-26(12-10-25)18(2)23(27)24-20-7-8-21-22(15-20)29-14-13-28-21/h3-8,15,18H,9-14,16H2,1-2H3,(H,24,27)/p+2/t18-/m1/s1. The Morgan fingerprint density at radius 2 is 1.76 bits per heavy atom. The highest BCUT2D eigenvalue weighted by atomic mass is 16.6. The van der Waals surface area contributed by atoms with Crippen LogP contribution in [0.4, 0.5) is 5.69 Å². The second-order valence-corrected chi connectivity index (χ2v) is 8.08. The molecule has 2 aliphatic heterocycles. The third-order valence-electron chi connectivity index (χ3n) is 6.12. The van der Waals surface area contributed by atoms with E-state index in [-0.39, 0.29) is 11.9 Å². The topological polar surface area (TPSA) is 56.4 Å². The number of amides is 1. The number of rotatable bonds is 5. The molecule has 0 aromatic heterocycles. The summed E-state index contributed by atoms with van der Waals surface area (Å²) in [5, 5.41) is 3.05. The predicted octanol–water partition coefficient (Wildman–Crippen LogP) is 0.0768. The molecule has 6 heteroatoms. The van der Waals surface area contributed by atoms with Gasteiger partial charge in [-0.1, -0.05) is 24.3 Å². The van der Waals surface area contributed by atoms with Crippen LogP contribution in [0.2, 0.25) is 0 Å². The van der Waals surface area contributed by atoms with E-state index in [0.29, 0.717) is 19.0 Å². The molecule has 0 bridgehead atoms. The van der Waals surface area contributed by atoms with Gasteiger partial charge in [-0.05, 0) is 31.5 Å². The monoisotopic (exact) mass is 397 g/mol. The Hall–Kier alpha value is -2.57. The molecule has 154 valence electrons. The van der Waals surface area contributed by atoms with E-state index < -0.39 is 0 Å². The molecule has 1 saturated heterocycles. The van der Waals surface area contributed by atoms with Crippen molar-refractivity contribution in [2.75, 3.05) is 44.7 Å². The number of hydrogen-bond acceptors (Lipinski definition) is 3. The Balaban J connectivity index is 1.29. The van der Waals surface area contributed by atoms with Gasteiger partial charge in [0.1, 0.15) is 45.9 Å². The van der Waals surface area contributed by atoms with Gasteiger partial charge in [0.15, 0.2) is 17.5 Å². The Morgan fingerprint density at radius 1 is 1.03 bits per heavy atom. The largest absolute Gasteiger partial charge is 0.486 e. The zero-order chi connectivity index (χ0) is 20.2. The Labute approximate surface area is 172 Å². The molecule has 1 amide bonds. The van der Waals surface area contributed by atoms with Gasteiger partial charge in [0.2, 0.25) is 0 Å². The molecule has 0 aliphatic carbocycles. The van der Waals surface area contributed by atoms with Crippen LogP contribution in [0.1, 0.15) is 18.1 Å². The van der Waals surface area contributed by atoms with E-state index in [2.05, 4.69) is 36.5 Å². The first-order valence-electron chi connectivity index (χ1n) is 10.5. The van der Waals surface area contributed by atoms with Crippen LogP contribution >= 0.6 is 0 Å². The minimum atomic E-state index is -0.0804. The van der Waals surface area contributed by atoms with Crippen molar-refractivity contribution in [3.8, 4) is 11.5 Å². The molecule has 1 fully saturated rings. The molecule has 0 spiro atoms. The molecule has 0 unspecified atom stereocenters. The van der Waals surface area contributed by atoms with E-state index in [9.17, 15) is 4.79 Å². The Bertz CT molecular complexity index is 862. The molecule has 3 N–H and O–H groups in total. The lowest BCUT2D eigenvalue weighted by atomic mass is 10.1. The molecule has 2 aromatic rings. The number of hydrogen-bond donors (Lipinski definition) is 3. The summed E-state index contributed by atoms with van der Waals surface area (Å²) in [6.07, 6.45) is 0. The average molecular weight is 398 g/mol. The lowest BCUT2D eigenvalue weighted by molar-refractivity contribution is -1.02. The maximum atomic E-state index is 12.8. The number of ether oxygens (including phenoxy) is 2. The van der Waals surface area contributed by atoms with E-state index in [1.807, 2.05) is 25.1 Å². The van der Waals surface area contributed by atoms with Crippen molar-refractivity contribution in [2.45, 2.75) is 26.4 Å². The zero-order valence-corrected chi connectivity index (χ0v) is 17.3. The van der Waals surface area contributed by atoms with Gasteiger partial charge in [0.25, 0.3) is 5.91 Å². The van der Waals surface area contributed by atoms with Crippen molar-refractivity contribution >= 4 is 11.6 Å². The van der Waals surface area contributed by atoms with Crippen LogP contribution in [-0.2, 0) is 11.3 Å². The van der Waals surface area contributed by atoms with Gasteiger partial charge < -0.3 is 24.6 Å². The molecule has 4 rings (SSSR count). The van der Waals surface area contributed by atoms with Gasteiger partial charge in [-0.2, -0.15) is 0 Å². The molecule has 2 aliphatic rings. The quantitative estimate of drug-likeness (QED) is 0.670. The molecule has 29 heavy (non-hydrogen) atoms. The van der Waals surface area contributed by atoms with Gasteiger partial charge in [0.05, 0.1) is 0 Å². The molecule has 6 nitrogen and oxygen atoms in total. The van der Waals surface area contributed by atoms with Crippen LogP contribution in [0.5, 0.6) is 11.5 Å². The number of nitrogens with one attached hydrogen (secondary N) is 3. The minimum absolute atomic E-state index is 0.0547. The summed E-state index contributed by atoms with van der Waals surface area (Å²) in [5.41, 5.74) is 3.55. The van der Waals surface area contributed by atoms with Gasteiger partial charge in [0, 0.05) is 17.3 Å². The molecule has 2 heterocycles. The van der Waals surface area contributed by atoms with Gasteiger partial charge in [-0.25, -0.2) is 0 Å². The first kappa shape index (κ1) is 19.7. The number of carbonyl (C=O) groups is 1. The zero-order valence-electron chi connectivity index (χ0n) is 17.3. The second kappa shape index (κ2) is 8.84. The smallest absolute Gasteiger partial charge is 0.282 e. The third-order valence-corrected chi connectivity index (χ3v) is 6.12. The first-order valence-corrected chi connectivity index (χ1v) is 10.5. The summed E-state index contributed by atoms with van der Waals surface area (Å²) in [6, 6.07) is 14.1. The van der Waals surface area contributed by atoms with Crippen LogP contribution in [-0.4, -0.2) is 51.3 Å². The molecular formula is C23H31N3O3+2. The summed E-state index contributed by atoms with van der Waals surface area (Å²) in [5.74, 6) is 1.49. The molecule has 0 radical (unpaired) electrons. The number of quaternary nitrogens is 2. The van der Waals surface area contributed by atoms with E-state index in [0.717, 1.165) is 44.2 Å². The van der Waals surface area contributed by atoms with Crippen molar-refractivity contribution in [3.63, 3.8) is 0 Å².